The van der Waals surface area contributed by atoms with Crippen LogP contribution in [0.2, 0.25) is 0 Å². The molecule has 1 aromatic carbocycles. The first-order chi connectivity index (χ1) is 9.22. The van der Waals surface area contributed by atoms with E-state index < -0.39 is 0 Å². The van der Waals surface area contributed by atoms with Gasteiger partial charge in [-0.1, -0.05) is 6.07 Å². The number of ether oxygens (including phenoxy) is 1. The molecule has 0 spiro atoms. The number of rotatable bonds is 5. The molecule has 0 aliphatic rings. The summed E-state index contributed by atoms with van der Waals surface area (Å²) in [4.78, 5) is 5.31. The van der Waals surface area contributed by atoms with E-state index in [2.05, 4.69) is 16.4 Å². The number of nitrogens with zero attached hydrogens (tertiary/aromatic N) is 1. The highest BCUT2D eigenvalue weighted by Gasteiger charge is 2.03. The fourth-order valence-corrected chi connectivity index (χ4v) is 2.51. The van der Waals surface area contributed by atoms with Crippen molar-refractivity contribution in [3.05, 3.63) is 42.1 Å². The lowest BCUT2D eigenvalue weighted by atomic mass is 10.3. The zero-order chi connectivity index (χ0) is 13.7. The highest BCUT2D eigenvalue weighted by atomic mass is 32.2. The van der Waals surface area contributed by atoms with Crippen LogP contribution in [0.25, 0.3) is 0 Å². The molecular weight excluding hydrogens is 258 g/mol. The number of benzene rings is 1. The lowest BCUT2D eigenvalue weighted by Crippen LogP contribution is -1.93. The van der Waals surface area contributed by atoms with Crippen LogP contribution in [0.5, 0.6) is 5.75 Å². The fraction of sp³-hybridized carbons (Fsp3) is 0.214. The van der Waals surface area contributed by atoms with Crippen molar-refractivity contribution in [1.82, 2.24) is 4.98 Å². The van der Waals surface area contributed by atoms with Gasteiger partial charge in [-0.3, -0.25) is 0 Å². The summed E-state index contributed by atoms with van der Waals surface area (Å²) in [5.41, 5.74) is 7.88. The average Bonchev–Trinajstić information content (AvgIpc) is 2.47. The van der Waals surface area contributed by atoms with Crippen molar-refractivity contribution in [1.29, 1.82) is 0 Å². The Hall–Kier alpha value is -1.88. The summed E-state index contributed by atoms with van der Waals surface area (Å²) in [5, 5.41) is 3.00. The number of hydrogen-bond donors (Lipinski definition) is 2. The summed E-state index contributed by atoms with van der Waals surface area (Å²) in [6.07, 6.45) is 1.87. The number of nitrogens with two attached hydrogens (primary N) is 1. The second-order valence-electron chi connectivity index (χ2n) is 3.99. The molecule has 0 radical (unpaired) electrons. The van der Waals surface area contributed by atoms with E-state index in [0.29, 0.717) is 0 Å². The molecule has 1 heterocycles. The quantitative estimate of drug-likeness (QED) is 0.649. The van der Waals surface area contributed by atoms with Crippen LogP contribution in [0.4, 0.5) is 11.5 Å². The van der Waals surface area contributed by atoms with Gasteiger partial charge in [-0.15, -0.1) is 11.8 Å². The average molecular weight is 275 g/mol. The van der Waals surface area contributed by atoms with Crippen molar-refractivity contribution in [2.24, 2.45) is 0 Å². The first-order valence-corrected chi connectivity index (χ1v) is 6.90. The third-order valence-corrected chi connectivity index (χ3v) is 3.84. The predicted molar refractivity (Wildman–Crippen MR) is 80.8 cm³/mol. The summed E-state index contributed by atoms with van der Waals surface area (Å²) >= 11 is 1.68. The van der Waals surface area contributed by atoms with E-state index >= 15 is 0 Å². The third-order valence-electron chi connectivity index (χ3n) is 2.70. The maximum atomic E-state index is 5.95. The molecular formula is C14H17N3OS. The third kappa shape index (κ3) is 3.54. The van der Waals surface area contributed by atoms with Crippen LogP contribution >= 0.6 is 11.8 Å². The van der Waals surface area contributed by atoms with Crippen LogP contribution in [-0.2, 0) is 5.75 Å². The van der Waals surface area contributed by atoms with Crippen molar-refractivity contribution in [3.8, 4) is 5.75 Å². The number of hydrogen-bond acceptors (Lipinski definition) is 5. The van der Waals surface area contributed by atoms with Gasteiger partial charge in [0.1, 0.15) is 11.6 Å². The van der Waals surface area contributed by atoms with Gasteiger partial charge in [0.2, 0.25) is 0 Å². The Morgan fingerprint density at radius 2 is 2.16 bits per heavy atom. The maximum absolute atomic E-state index is 5.95. The van der Waals surface area contributed by atoms with Gasteiger partial charge in [-0.25, -0.2) is 4.98 Å². The highest BCUT2D eigenvalue weighted by Crippen LogP contribution is 2.31. The minimum Gasteiger partial charge on any atom is -0.497 e. The monoisotopic (exact) mass is 275 g/mol. The second-order valence-corrected chi connectivity index (χ2v) is 5.01. The number of nitrogens with one attached hydrogen (secondary N) is 1. The Labute approximate surface area is 117 Å². The topological polar surface area (TPSA) is 60.2 Å². The van der Waals surface area contributed by atoms with Crippen LogP contribution in [-0.4, -0.2) is 19.1 Å². The molecule has 1 aromatic heterocycles. The SMILES string of the molecule is CNc1ccc(CSc2cc(OC)ccc2N)cn1. The van der Waals surface area contributed by atoms with Crippen molar-refractivity contribution >= 4 is 23.3 Å². The number of anilines is 2. The minimum atomic E-state index is 0.769. The number of pyridine rings is 1. The van der Waals surface area contributed by atoms with E-state index in [1.807, 2.05) is 37.5 Å². The summed E-state index contributed by atoms with van der Waals surface area (Å²) < 4.78 is 5.20. The molecule has 2 rings (SSSR count). The zero-order valence-corrected chi connectivity index (χ0v) is 11.8. The molecule has 0 atom stereocenters. The Morgan fingerprint density at radius 3 is 2.79 bits per heavy atom. The zero-order valence-electron chi connectivity index (χ0n) is 11.0. The standard InChI is InChI=1S/C14H17N3OS/c1-16-14-6-3-10(8-17-14)9-19-13-7-11(18-2)4-5-12(13)15/h3-8H,9,15H2,1-2H3,(H,16,17). The number of aromatic nitrogens is 1. The molecule has 5 heteroatoms. The highest BCUT2D eigenvalue weighted by molar-refractivity contribution is 7.98. The summed E-state index contributed by atoms with van der Waals surface area (Å²) in [5.74, 6) is 2.52. The van der Waals surface area contributed by atoms with Gasteiger partial charge >= 0.3 is 0 Å². The van der Waals surface area contributed by atoms with Gasteiger partial charge in [0.25, 0.3) is 0 Å². The van der Waals surface area contributed by atoms with Gasteiger partial charge in [-0.05, 0) is 29.8 Å². The van der Waals surface area contributed by atoms with E-state index in [1.165, 1.54) is 0 Å². The molecule has 0 saturated heterocycles. The molecule has 3 N–H and O–H groups in total. The molecule has 4 nitrogen and oxygen atoms in total. The molecule has 100 valence electrons. The molecule has 0 saturated carbocycles. The second kappa shape index (κ2) is 6.33. The van der Waals surface area contributed by atoms with Crippen LogP contribution in [0, 0.1) is 0 Å². The lowest BCUT2D eigenvalue weighted by molar-refractivity contribution is 0.414. The fourth-order valence-electron chi connectivity index (χ4n) is 1.59. The summed E-state index contributed by atoms with van der Waals surface area (Å²) in [6, 6.07) is 9.70. The number of thioether (sulfide) groups is 1. The van der Waals surface area contributed by atoms with Crippen molar-refractivity contribution in [3.63, 3.8) is 0 Å². The predicted octanol–water partition coefficient (Wildman–Crippen LogP) is 3.01. The Kier molecular flexibility index (Phi) is 4.52. The number of methoxy groups -OCH3 is 1. The summed E-state index contributed by atoms with van der Waals surface area (Å²) in [6.45, 7) is 0. The molecule has 0 aliphatic carbocycles. The Morgan fingerprint density at radius 1 is 1.32 bits per heavy atom. The largest absolute Gasteiger partial charge is 0.497 e. The number of nitrogen functional groups attached to an aromatic ring is 1. The molecule has 0 unspecified atom stereocenters. The van der Waals surface area contributed by atoms with E-state index in [4.69, 9.17) is 10.5 Å². The van der Waals surface area contributed by atoms with Gasteiger partial charge in [-0.2, -0.15) is 0 Å². The van der Waals surface area contributed by atoms with E-state index in [-0.39, 0.29) is 0 Å². The minimum absolute atomic E-state index is 0.769. The van der Waals surface area contributed by atoms with Crippen molar-refractivity contribution in [2.45, 2.75) is 10.6 Å². The molecule has 2 aromatic rings. The van der Waals surface area contributed by atoms with E-state index in [9.17, 15) is 0 Å². The normalized spacial score (nSPS) is 10.2. The van der Waals surface area contributed by atoms with Crippen LogP contribution in [0.15, 0.2) is 41.4 Å². The van der Waals surface area contributed by atoms with Gasteiger partial charge in [0, 0.05) is 29.6 Å². The smallest absolute Gasteiger partial charge is 0.125 e. The van der Waals surface area contributed by atoms with Crippen LogP contribution < -0.4 is 15.8 Å². The Balaban J connectivity index is 2.05. The Bertz CT molecular complexity index is 543. The van der Waals surface area contributed by atoms with E-state index in [1.54, 1.807) is 18.9 Å². The first-order valence-electron chi connectivity index (χ1n) is 5.92. The van der Waals surface area contributed by atoms with Crippen molar-refractivity contribution in [2.75, 3.05) is 25.2 Å². The maximum Gasteiger partial charge on any atom is 0.125 e. The molecule has 0 amide bonds. The van der Waals surface area contributed by atoms with Crippen molar-refractivity contribution < 1.29 is 4.74 Å². The van der Waals surface area contributed by atoms with E-state index in [0.717, 1.165) is 33.5 Å². The van der Waals surface area contributed by atoms with Crippen LogP contribution in [0.1, 0.15) is 5.56 Å². The molecule has 19 heavy (non-hydrogen) atoms. The summed E-state index contributed by atoms with van der Waals surface area (Å²) in [7, 11) is 3.51. The first kappa shape index (κ1) is 13.5. The van der Waals surface area contributed by atoms with Gasteiger partial charge in [0.05, 0.1) is 7.11 Å². The molecule has 0 bridgehead atoms. The molecule has 0 fully saturated rings. The van der Waals surface area contributed by atoms with Gasteiger partial charge in [0.15, 0.2) is 0 Å². The lowest BCUT2D eigenvalue weighted by Gasteiger charge is -2.08. The van der Waals surface area contributed by atoms with Gasteiger partial charge < -0.3 is 15.8 Å². The van der Waals surface area contributed by atoms with Crippen LogP contribution in [0.3, 0.4) is 0 Å². The molecule has 0 aliphatic heterocycles.